The first-order valence-electron chi connectivity index (χ1n) is 11.7. The number of anilines is 2. The molecule has 0 saturated carbocycles. The molecule has 3 heterocycles. The SMILES string of the molecule is CC(C)c1cnn2c(NCc3cccc(CC(=O)/C=C/CBr)c3)nc(NC3CCOCC3)nc12. The summed E-state index contributed by atoms with van der Waals surface area (Å²) in [6.45, 7) is 6.33. The Morgan fingerprint density at radius 3 is 2.82 bits per heavy atom. The molecule has 1 fully saturated rings. The fourth-order valence-corrected chi connectivity index (χ4v) is 4.16. The maximum Gasteiger partial charge on any atom is 0.229 e. The highest BCUT2D eigenvalue weighted by atomic mass is 79.9. The quantitative estimate of drug-likeness (QED) is 0.296. The van der Waals surface area contributed by atoms with Crippen LogP contribution in [0.15, 0.2) is 42.6 Å². The topological polar surface area (TPSA) is 93.4 Å². The summed E-state index contributed by atoms with van der Waals surface area (Å²) >= 11 is 3.30. The number of ether oxygens (including phenoxy) is 1. The Morgan fingerprint density at radius 2 is 2.06 bits per heavy atom. The van der Waals surface area contributed by atoms with Gasteiger partial charge < -0.3 is 15.4 Å². The number of rotatable bonds is 10. The number of alkyl halides is 1. The summed E-state index contributed by atoms with van der Waals surface area (Å²) in [6.07, 6.45) is 7.55. The second-order valence-electron chi connectivity index (χ2n) is 8.77. The molecule has 4 rings (SSSR count). The monoisotopic (exact) mass is 526 g/mol. The summed E-state index contributed by atoms with van der Waals surface area (Å²) in [7, 11) is 0. The number of hydrogen-bond donors (Lipinski definition) is 2. The second-order valence-corrected chi connectivity index (χ2v) is 9.41. The zero-order chi connectivity index (χ0) is 23.9. The van der Waals surface area contributed by atoms with Gasteiger partial charge in [0.05, 0.1) is 6.20 Å². The Labute approximate surface area is 208 Å². The summed E-state index contributed by atoms with van der Waals surface area (Å²) in [5.41, 5.74) is 3.94. The Morgan fingerprint density at radius 1 is 1.26 bits per heavy atom. The molecule has 9 heteroatoms. The van der Waals surface area contributed by atoms with E-state index < -0.39 is 0 Å². The van der Waals surface area contributed by atoms with Gasteiger partial charge in [-0.3, -0.25) is 4.79 Å². The smallest absolute Gasteiger partial charge is 0.229 e. The summed E-state index contributed by atoms with van der Waals surface area (Å²) in [6, 6.07) is 8.34. The van der Waals surface area contributed by atoms with Crippen LogP contribution in [-0.2, 0) is 22.5 Å². The highest BCUT2D eigenvalue weighted by Crippen LogP contribution is 2.23. The second kappa shape index (κ2) is 11.6. The highest BCUT2D eigenvalue weighted by Gasteiger charge is 2.19. The number of halogens is 1. The van der Waals surface area contributed by atoms with Crippen molar-refractivity contribution in [1.82, 2.24) is 19.6 Å². The average molecular weight is 527 g/mol. The number of benzene rings is 1. The van der Waals surface area contributed by atoms with Gasteiger partial charge in [0.2, 0.25) is 11.9 Å². The fraction of sp³-hybridized carbons (Fsp3) is 0.440. The lowest BCUT2D eigenvalue weighted by Gasteiger charge is -2.23. The van der Waals surface area contributed by atoms with Gasteiger partial charge in [-0.05, 0) is 36.0 Å². The normalized spacial score (nSPS) is 14.8. The Kier molecular flexibility index (Phi) is 8.29. The van der Waals surface area contributed by atoms with Crippen molar-refractivity contribution in [2.75, 3.05) is 29.2 Å². The third kappa shape index (κ3) is 6.21. The predicted octanol–water partition coefficient (Wildman–Crippen LogP) is 4.51. The summed E-state index contributed by atoms with van der Waals surface area (Å²) in [4.78, 5) is 21.6. The molecule has 0 spiro atoms. The zero-order valence-electron chi connectivity index (χ0n) is 19.6. The van der Waals surface area contributed by atoms with E-state index in [1.807, 2.05) is 30.5 Å². The molecule has 0 aliphatic carbocycles. The molecule has 0 atom stereocenters. The van der Waals surface area contributed by atoms with Crippen LogP contribution in [-0.4, -0.2) is 50.0 Å². The number of allylic oxidation sites excluding steroid dienone is 2. The lowest BCUT2D eigenvalue weighted by molar-refractivity contribution is -0.114. The predicted molar refractivity (Wildman–Crippen MR) is 138 cm³/mol. The average Bonchev–Trinajstić information content (AvgIpc) is 3.26. The van der Waals surface area contributed by atoms with E-state index >= 15 is 0 Å². The van der Waals surface area contributed by atoms with Gasteiger partial charge in [0.25, 0.3) is 0 Å². The third-order valence-corrected chi connectivity index (χ3v) is 6.16. The molecular weight excluding hydrogens is 496 g/mol. The number of nitrogens with zero attached hydrogens (tertiary/aromatic N) is 4. The van der Waals surface area contributed by atoms with Crippen molar-refractivity contribution < 1.29 is 9.53 Å². The highest BCUT2D eigenvalue weighted by molar-refractivity contribution is 9.09. The van der Waals surface area contributed by atoms with E-state index in [0.29, 0.717) is 42.2 Å². The minimum absolute atomic E-state index is 0.0867. The van der Waals surface area contributed by atoms with Crippen LogP contribution in [0, 0.1) is 0 Å². The van der Waals surface area contributed by atoms with Gasteiger partial charge in [0, 0.05) is 43.1 Å². The number of aromatic nitrogens is 4. The van der Waals surface area contributed by atoms with E-state index in [-0.39, 0.29) is 5.78 Å². The summed E-state index contributed by atoms with van der Waals surface area (Å²) in [5, 5.41) is 12.1. The van der Waals surface area contributed by atoms with E-state index in [1.165, 1.54) is 0 Å². The molecule has 3 aromatic rings. The number of carbonyl (C=O) groups excluding carboxylic acids is 1. The first-order chi connectivity index (χ1) is 16.5. The van der Waals surface area contributed by atoms with Crippen molar-refractivity contribution >= 4 is 39.3 Å². The number of nitrogens with one attached hydrogen (secondary N) is 2. The van der Waals surface area contributed by atoms with Gasteiger partial charge in [-0.15, -0.1) is 0 Å². The van der Waals surface area contributed by atoms with Gasteiger partial charge >= 0.3 is 0 Å². The molecule has 180 valence electrons. The molecule has 2 aromatic heterocycles. The van der Waals surface area contributed by atoms with Crippen molar-refractivity contribution in [1.29, 1.82) is 0 Å². The van der Waals surface area contributed by atoms with Crippen LogP contribution < -0.4 is 10.6 Å². The van der Waals surface area contributed by atoms with E-state index in [1.54, 1.807) is 10.6 Å². The van der Waals surface area contributed by atoms with E-state index in [2.05, 4.69) is 51.6 Å². The molecule has 1 aliphatic rings. The van der Waals surface area contributed by atoms with Crippen molar-refractivity contribution in [3.05, 3.63) is 59.3 Å². The van der Waals surface area contributed by atoms with Gasteiger partial charge in [-0.2, -0.15) is 19.6 Å². The fourth-order valence-electron chi connectivity index (χ4n) is 3.97. The lowest BCUT2D eigenvalue weighted by Crippen LogP contribution is -2.29. The summed E-state index contributed by atoms with van der Waals surface area (Å²) in [5.74, 6) is 1.61. The van der Waals surface area contributed by atoms with E-state index in [0.717, 1.165) is 48.4 Å². The number of ketones is 1. The number of fused-ring (bicyclic) bond motifs is 1. The standard InChI is InChI=1S/C25H31BrN6O2/c1-17(2)22-16-28-32-23(22)30-24(29-20-8-11-34-12-9-20)31-25(32)27-15-19-6-3-5-18(13-19)14-21(33)7-4-10-26/h3-7,13,16-17,20H,8-12,14-15H2,1-2H3,(H2,27,29,30,31)/b7-4+. The molecule has 8 nitrogen and oxygen atoms in total. The zero-order valence-corrected chi connectivity index (χ0v) is 21.2. The van der Waals surface area contributed by atoms with Crippen LogP contribution >= 0.6 is 15.9 Å². The third-order valence-electron chi connectivity index (χ3n) is 5.79. The van der Waals surface area contributed by atoms with Gasteiger partial charge in [-0.1, -0.05) is 60.1 Å². The number of hydrogen-bond acceptors (Lipinski definition) is 7. The molecule has 0 amide bonds. The minimum Gasteiger partial charge on any atom is -0.381 e. The molecule has 1 aliphatic heterocycles. The molecule has 1 aromatic carbocycles. The first-order valence-corrected chi connectivity index (χ1v) is 12.8. The molecule has 1 saturated heterocycles. The molecule has 2 N–H and O–H groups in total. The van der Waals surface area contributed by atoms with Gasteiger partial charge in [-0.25, -0.2) is 0 Å². The maximum atomic E-state index is 12.1. The van der Waals surface area contributed by atoms with Crippen molar-refractivity contribution in [3.63, 3.8) is 0 Å². The first kappa shape index (κ1) is 24.3. The van der Waals surface area contributed by atoms with Crippen molar-refractivity contribution in [2.24, 2.45) is 0 Å². The van der Waals surface area contributed by atoms with E-state index in [4.69, 9.17) is 14.7 Å². The van der Waals surface area contributed by atoms with Crippen LogP contribution in [0.5, 0.6) is 0 Å². The lowest BCUT2D eigenvalue weighted by atomic mass is 10.1. The van der Waals surface area contributed by atoms with Crippen LogP contribution in [0.25, 0.3) is 5.65 Å². The van der Waals surface area contributed by atoms with Crippen LogP contribution in [0.2, 0.25) is 0 Å². The maximum absolute atomic E-state index is 12.1. The van der Waals surface area contributed by atoms with Crippen LogP contribution in [0.4, 0.5) is 11.9 Å². The number of carbonyl (C=O) groups is 1. The molecule has 0 unspecified atom stereocenters. The molecule has 34 heavy (non-hydrogen) atoms. The van der Waals surface area contributed by atoms with Crippen LogP contribution in [0.3, 0.4) is 0 Å². The Bertz CT molecular complexity index is 1150. The molecule has 0 bridgehead atoms. The Balaban J connectivity index is 1.54. The van der Waals surface area contributed by atoms with Gasteiger partial charge in [0.1, 0.15) is 0 Å². The molecular formula is C25H31BrN6O2. The van der Waals surface area contributed by atoms with Crippen molar-refractivity contribution in [2.45, 2.75) is 51.6 Å². The molecule has 0 radical (unpaired) electrons. The van der Waals surface area contributed by atoms with Crippen LogP contribution in [0.1, 0.15) is 49.3 Å². The van der Waals surface area contributed by atoms with Gasteiger partial charge in [0.15, 0.2) is 11.4 Å². The van der Waals surface area contributed by atoms with E-state index in [9.17, 15) is 4.79 Å². The van der Waals surface area contributed by atoms with Crippen molar-refractivity contribution in [3.8, 4) is 0 Å². The largest absolute Gasteiger partial charge is 0.381 e. The minimum atomic E-state index is 0.0867. The summed E-state index contributed by atoms with van der Waals surface area (Å²) < 4.78 is 7.24. The Hall–Kier alpha value is -2.78.